The molecule has 306 valence electrons. The maximum Gasteiger partial charge on any atom is 0.249 e. The topological polar surface area (TPSA) is 169 Å². The number of hydrogen-bond donors (Lipinski definition) is 7. The van der Waals surface area contributed by atoms with Gasteiger partial charge in [-0.25, -0.2) is 0 Å². The Labute approximate surface area is 316 Å². The zero-order valence-corrected chi connectivity index (χ0v) is 32.9. The smallest absolute Gasteiger partial charge is 0.249 e. The maximum absolute atomic E-state index is 12.9. The van der Waals surface area contributed by atoms with Gasteiger partial charge in [0.2, 0.25) is 5.91 Å². The standard InChI is InChI=1S/C42H79NO9/c1-3-5-7-9-11-13-15-16-17-18-19-20-21-23-24-26-28-30-35(45)34(33-51-42-40(49)39(48)38(47)37(32-44)52-42)43-41(50)36(46)31-29-27-25-22-14-12-10-8-6-4-2/h16-17,28,30,34-40,42,44-49H,3-15,18-27,29,31-33H2,1-2H3,(H,43,50)/b17-16-,30-28+/t34-,35-,36-,37-,38-,39+,40-,42-/m1/s1. The second kappa shape index (κ2) is 33.0. The molecule has 0 unspecified atom stereocenters. The molecule has 0 aliphatic carbocycles. The number of ether oxygens (including phenoxy) is 2. The zero-order chi connectivity index (χ0) is 38.2. The van der Waals surface area contributed by atoms with E-state index in [4.69, 9.17) is 9.47 Å². The Kier molecular flexibility index (Phi) is 30.9. The van der Waals surface area contributed by atoms with Crippen molar-refractivity contribution in [2.45, 2.75) is 223 Å². The van der Waals surface area contributed by atoms with Gasteiger partial charge in [0.25, 0.3) is 0 Å². The fraction of sp³-hybridized carbons (Fsp3) is 0.881. The Morgan fingerprint density at radius 2 is 1.12 bits per heavy atom. The van der Waals surface area contributed by atoms with Gasteiger partial charge in [0.15, 0.2) is 6.29 Å². The number of aliphatic hydroxyl groups is 6. The van der Waals surface area contributed by atoms with Gasteiger partial charge in [0.05, 0.1) is 25.4 Å². The van der Waals surface area contributed by atoms with Gasteiger partial charge in [-0.2, -0.15) is 0 Å². The Balaban J connectivity index is 2.48. The van der Waals surface area contributed by atoms with Gasteiger partial charge in [-0.1, -0.05) is 154 Å². The molecule has 1 rings (SSSR count). The minimum Gasteiger partial charge on any atom is -0.394 e. The van der Waals surface area contributed by atoms with E-state index in [0.29, 0.717) is 6.42 Å². The molecule has 1 aliphatic rings. The molecular formula is C42H79NO9. The second-order valence-electron chi connectivity index (χ2n) is 14.9. The van der Waals surface area contributed by atoms with Crippen molar-refractivity contribution in [2.24, 2.45) is 0 Å². The van der Waals surface area contributed by atoms with Crippen molar-refractivity contribution in [1.29, 1.82) is 0 Å². The van der Waals surface area contributed by atoms with Crippen molar-refractivity contribution in [3.8, 4) is 0 Å². The van der Waals surface area contributed by atoms with Crippen molar-refractivity contribution in [3.05, 3.63) is 24.3 Å². The fourth-order valence-corrected chi connectivity index (χ4v) is 6.57. The lowest BCUT2D eigenvalue weighted by Crippen LogP contribution is -2.60. The molecule has 52 heavy (non-hydrogen) atoms. The first kappa shape index (κ1) is 48.6. The SMILES string of the molecule is CCCCCCCC/C=C\CCCCCCC/C=C/[C@@H](O)[C@@H](CO[C@@H]1O[C@H](CO)[C@@H](O)[C@H](O)[C@H]1O)NC(=O)[C@H](O)CCCCCCCCCCCC. The van der Waals surface area contributed by atoms with Crippen LogP contribution in [-0.2, 0) is 14.3 Å². The lowest BCUT2D eigenvalue weighted by atomic mass is 9.99. The first-order chi connectivity index (χ1) is 25.3. The Bertz CT molecular complexity index is 886. The van der Waals surface area contributed by atoms with Crippen LogP contribution in [0.2, 0.25) is 0 Å². The van der Waals surface area contributed by atoms with E-state index in [-0.39, 0.29) is 6.61 Å². The molecular weight excluding hydrogens is 662 g/mol. The summed E-state index contributed by atoms with van der Waals surface area (Å²) in [6.45, 7) is 3.56. The average Bonchev–Trinajstić information content (AvgIpc) is 3.14. The summed E-state index contributed by atoms with van der Waals surface area (Å²) in [4.78, 5) is 12.9. The summed E-state index contributed by atoms with van der Waals surface area (Å²) in [7, 11) is 0. The van der Waals surface area contributed by atoms with E-state index >= 15 is 0 Å². The number of carbonyl (C=O) groups is 1. The van der Waals surface area contributed by atoms with Crippen molar-refractivity contribution in [2.75, 3.05) is 13.2 Å². The number of allylic oxidation sites excluding steroid dienone is 3. The van der Waals surface area contributed by atoms with Crippen LogP contribution >= 0.6 is 0 Å². The number of unbranched alkanes of at least 4 members (excludes halogenated alkanes) is 21. The van der Waals surface area contributed by atoms with Gasteiger partial charge in [-0.15, -0.1) is 0 Å². The average molecular weight is 742 g/mol. The first-order valence-electron chi connectivity index (χ1n) is 21.2. The third-order valence-corrected chi connectivity index (χ3v) is 10.1. The van der Waals surface area contributed by atoms with Crippen molar-refractivity contribution < 1.29 is 44.9 Å². The summed E-state index contributed by atoms with van der Waals surface area (Å²) in [6, 6.07) is -0.979. The third kappa shape index (κ3) is 23.4. The van der Waals surface area contributed by atoms with Gasteiger partial charge in [0, 0.05) is 0 Å². The van der Waals surface area contributed by atoms with Gasteiger partial charge >= 0.3 is 0 Å². The highest BCUT2D eigenvalue weighted by atomic mass is 16.7. The summed E-state index contributed by atoms with van der Waals surface area (Å²) >= 11 is 0. The highest BCUT2D eigenvalue weighted by Gasteiger charge is 2.44. The highest BCUT2D eigenvalue weighted by molar-refractivity contribution is 5.80. The summed E-state index contributed by atoms with van der Waals surface area (Å²) in [6.07, 6.45) is 26.9. The van der Waals surface area contributed by atoms with Crippen LogP contribution in [0.25, 0.3) is 0 Å². The van der Waals surface area contributed by atoms with Crippen LogP contribution in [0.1, 0.15) is 174 Å². The molecule has 0 aromatic heterocycles. The van der Waals surface area contributed by atoms with Crippen LogP contribution in [-0.4, -0.2) is 98.7 Å². The highest BCUT2D eigenvalue weighted by Crippen LogP contribution is 2.22. The molecule has 0 saturated carbocycles. The van der Waals surface area contributed by atoms with Crippen LogP contribution < -0.4 is 5.32 Å². The summed E-state index contributed by atoms with van der Waals surface area (Å²) < 4.78 is 11.1. The lowest BCUT2D eigenvalue weighted by Gasteiger charge is -2.40. The molecule has 1 aliphatic heterocycles. The molecule has 1 fully saturated rings. The number of rotatable bonds is 34. The van der Waals surface area contributed by atoms with Crippen LogP contribution in [0, 0.1) is 0 Å². The fourth-order valence-electron chi connectivity index (χ4n) is 6.57. The van der Waals surface area contributed by atoms with E-state index in [1.54, 1.807) is 6.08 Å². The van der Waals surface area contributed by atoms with Crippen molar-refractivity contribution in [3.63, 3.8) is 0 Å². The van der Waals surface area contributed by atoms with Crippen LogP contribution in [0.5, 0.6) is 0 Å². The van der Waals surface area contributed by atoms with E-state index in [9.17, 15) is 35.4 Å². The van der Waals surface area contributed by atoms with Crippen LogP contribution in [0.3, 0.4) is 0 Å². The normalized spacial score (nSPS) is 22.7. The summed E-state index contributed by atoms with van der Waals surface area (Å²) in [5.74, 6) is -0.622. The molecule has 10 nitrogen and oxygen atoms in total. The number of hydrogen-bond acceptors (Lipinski definition) is 9. The van der Waals surface area contributed by atoms with E-state index < -0.39 is 61.5 Å². The first-order valence-corrected chi connectivity index (χ1v) is 21.2. The molecule has 1 heterocycles. The monoisotopic (exact) mass is 742 g/mol. The minimum atomic E-state index is -1.61. The van der Waals surface area contributed by atoms with Gasteiger partial charge in [0.1, 0.15) is 30.5 Å². The predicted molar refractivity (Wildman–Crippen MR) is 209 cm³/mol. The molecule has 0 spiro atoms. The minimum absolute atomic E-state index is 0.307. The van der Waals surface area contributed by atoms with Gasteiger partial charge in [-0.05, 0) is 44.9 Å². The van der Waals surface area contributed by atoms with Crippen molar-refractivity contribution in [1.82, 2.24) is 5.32 Å². The number of nitrogens with one attached hydrogen (secondary N) is 1. The number of carbonyl (C=O) groups excluding carboxylic acids is 1. The zero-order valence-electron chi connectivity index (χ0n) is 32.9. The predicted octanol–water partition coefficient (Wildman–Crippen LogP) is 6.91. The largest absolute Gasteiger partial charge is 0.394 e. The molecule has 0 aromatic carbocycles. The number of aliphatic hydroxyl groups excluding tert-OH is 6. The van der Waals surface area contributed by atoms with Crippen LogP contribution in [0.4, 0.5) is 0 Å². The molecule has 7 N–H and O–H groups in total. The van der Waals surface area contributed by atoms with Crippen LogP contribution in [0.15, 0.2) is 24.3 Å². The van der Waals surface area contributed by atoms with E-state index in [1.807, 2.05) is 6.08 Å². The summed E-state index contributed by atoms with van der Waals surface area (Å²) in [5, 5.41) is 64.4. The quantitative estimate of drug-likeness (QED) is 0.0274. The Hall–Kier alpha value is -1.37. The molecule has 0 aromatic rings. The van der Waals surface area contributed by atoms with E-state index in [0.717, 1.165) is 57.8 Å². The van der Waals surface area contributed by atoms with E-state index in [2.05, 4.69) is 31.3 Å². The molecule has 1 amide bonds. The Morgan fingerprint density at radius 1 is 0.654 bits per heavy atom. The lowest BCUT2D eigenvalue weighted by molar-refractivity contribution is -0.302. The van der Waals surface area contributed by atoms with Gasteiger partial charge in [-0.3, -0.25) is 4.79 Å². The molecule has 10 heteroatoms. The molecule has 0 bridgehead atoms. The second-order valence-corrected chi connectivity index (χ2v) is 14.9. The molecule has 0 radical (unpaired) electrons. The Morgan fingerprint density at radius 3 is 1.62 bits per heavy atom. The molecule has 1 saturated heterocycles. The van der Waals surface area contributed by atoms with Gasteiger partial charge < -0.3 is 45.4 Å². The van der Waals surface area contributed by atoms with Crippen molar-refractivity contribution >= 4 is 5.91 Å². The summed E-state index contributed by atoms with van der Waals surface area (Å²) in [5.41, 5.74) is 0. The number of amides is 1. The van der Waals surface area contributed by atoms with E-state index in [1.165, 1.54) is 96.3 Å². The molecule has 8 atom stereocenters. The third-order valence-electron chi connectivity index (χ3n) is 10.1. The maximum atomic E-state index is 12.9.